The van der Waals surface area contributed by atoms with Gasteiger partial charge in [-0.2, -0.15) is 0 Å². The molecule has 1 aliphatic rings. The highest BCUT2D eigenvalue weighted by atomic mass is 16.7. The SMILES string of the molecule is C=C(/C=C\c1ccccc1C)COc1ccc(C(C)(CCC(=O)ON(CC)CC)c2ccc(C3CC3)cc2)cc1. The van der Waals surface area contributed by atoms with Gasteiger partial charge in [-0.25, -0.2) is 0 Å². The van der Waals surface area contributed by atoms with E-state index in [1.807, 2.05) is 44.2 Å². The summed E-state index contributed by atoms with van der Waals surface area (Å²) in [5.41, 5.74) is 6.73. The van der Waals surface area contributed by atoms with Crippen molar-refractivity contribution >= 4 is 12.0 Å². The van der Waals surface area contributed by atoms with E-state index in [0.29, 0.717) is 38.5 Å². The van der Waals surface area contributed by atoms with Crippen LogP contribution < -0.4 is 4.74 Å². The highest BCUT2D eigenvalue weighted by molar-refractivity contribution is 5.69. The first-order valence-corrected chi connectivity index (χ1v) is 14.5. The van der Waals surface area contributed by atoms with Crippen molar-refractivity contribution in [3.8, 4) is 5.75 Å². The second kappa shape index (κ2) is 13.6. The minimum Gasteiger partial charge on any atom is -0.489 e. The predicted octanol–water partition coefficient (Wildman–Crippen LogP) is 8.41. The average molecular weight is 538 g/mol. The second-order valence-electron chi connectivity index (χ2n) is 11.0. The minimum absolute atomic E-state index is 0.193. The van der Waals surface area contributed by atoms with Gasteiger partial charge in [0.05, 0.1) is 0 Å². The summed E-state index contributed by atoms with van der Waals surface area (Å²) in [6.45, 7) is 14.2. The fourth-order valence-electron chi connectivity index (χ4n) is 5.01. The number of nitrogens with zero attached hydrogens (tertiary/aromatic N) is 1. The number of carbonyl (C=O) groups excluding carboxylic acids is 1. The zero-order valence-electron chi connectivity index (χ0n) is 24.5. The van der Waals surface area contributed by atoms with Crippen LogP contribution in [0.5, 0.6) is 5.75 Å². The van der Waals surface area contributed by atoms with Crippen molar-refractivity contribution < 1.29 is 14.4 Å². The van der Waals surface area contributed by atoms with Crippen LogP contribution >= 0.6 is 0 Å². The Morgan fingerprint density at radius 3 is 2.20 bits per heavy atom. The first-order valence-electron chi connectivity index (χ1n) is 14.5. The molecule has 1 aliphatic carbocycles. The molecule has 1 fully saturated rings. The Bertz CT molecular complexity index is 1300. The monoisotopic (exact) mass is 537 g/mol. The van der Waals surface area contributed by atoms with E-state index in [0.717, 1.165) is 16.9 Å². The molecule has 1 saturated carbocycles. The molecule has 1 unspecified atom stereocenters. The van der Waals surface area contributed by atoms with Crippen molar-refractivity contribution in [1.29, 1.82) is 0 Å². The molecule has 0 aromatic heterocycles. The lowest BCUT2D eigenvalue weighted by molar-refractivity contribution is -0.189. The van der Waals surface area contributed by atoms with E-state index in [-0.39, 0.29) is 11.4 Å². The molecular formula is C36H43NO3. The summed E-state index contributed by atoms with van der Waals surface area (Å²) in [6.07, 6.45) is 7.64. The molecule has 4 heteroatoms. The van der Waals surface area contributed by atoms with Crippen LogP contribution in [0, 0.1) is 6.92 Å². The van der Waals surface area contributed by atoms with Gasteiger partial charge in [0.2, 0.25) is 0 Å². The van der Waals surface area contributed by atoms with Crippen molar-refractivity contribution in [3.05, 3.63) is 119 Å². The van der Waals surface area contributed by atoms with Crippen LogP contribution in [-0.2, 0) is 15.0 Å². The van der Waals surface area contributed by atoms with E-state index in [1.165, 1.54) is 35.1 Å². The van der Waals surface area contributed by atoms with Crippen molar-refractivity contribution in [1.82, 2.24) is 5.06 Å². The van der Waals surface area contributed by atoms with Gasteiger partial charge in [0.15, 0.2) is 0 Å². The Labute approximate surface area is 240 Å². The molecule has 0 spiro atoms. The van der Waals surface area contributed by atoms with Gasteiger partial charge < -0.3 is 9.57 Å². The average Bonchev–Trinajstić information content (AvgIpc) is 3.83. The summed E-state index contributed by atoms with van der Waals surface area (Å²) in [4.78, 5) is 18.3. The lowest BCUT2D eigenvalue weighted by Gasteiger charge is -2.31. The molecule has 0 amide bonds. The molecule has 4 rings (SSSR count). The molecule has 0 N–H and O–H groups in total. The maximum absolute atomic E-state index is 12.7. The van der Waals surface area contributed by atoms with E-state index in [9.17, 15) is 4.79 Å². The fraction of sp³-hybridized carbons (Fsp3) is 0.361. The van der Waals surface area contributed by atoms with E-state index in [2.05, 4.69) is 75.0 Å². The van der Waals surface area contributed by atoms with Gasteiger partial charge in [0.25, 0.3) is 0 Å². The molecule has 0 radical (unpaired) electrons. The summed E-state index contributed by atoms with van der Waals surface area (Å²) in [5, 5.41) is 1.69. The maximum atomic E-state index is 12.7. The standard InChI is InChI=1S/C36H43NO3/c1-6-37(7-2)40-35(38)24-25-36(5,32-18-16-31(17-19-32)30-14-15-30)33-20-22-34(23-21-33)39-26-27(3)12-13-29-11-9-8-10-28(29)4/h8-13,16-23,30H,3,6-7,14-15,24-26H2,1-2,4-5H3/b13-12-. The fourth-order valence-corrected chi connectivity index (χ4v) is 5.01. The second-order valence-corrected chi connectivity index (χ2v) is 11.0. The lowest BCUT2D eigenvalue weighted by atomic mass is 9.73. The number of aryl methyl sites for hydroxylation is 1. The highest BCUT2D eigenvalue weighted by Crippen LogP contribution is 2.42. The van der Waals surface area contributed by atoms with Crippen molar-refractivity contribution in [2.75, 3.05) is 19.7 Å². The number of hydrogen-bond donors (Lipinski definition) is 0. The first kappa shape index (κ1) is 29.4. The van der Waals surface area contributed by atoms with E-state index < -0.39 is 0 Å². The molecule has 210 valence electrons. The first-order chi connectivity index (χ1) is 19.3. The summed E-state index contributed by atoms with van der Waals surface area (Å²) in [6, 6.07) is 25.5. The Morgan fingerprint density at radius 2 is 1.60 bits per heavy atom. The Kier molecular flexibility index (Phi) is 10.0. The van der Waals surface area contributed by atoms with Crippen molar-refractivity contribution in [2.45, 2.75) is 64.7 Å². The smallest absolute Gasteiger partial charge is 0.325 e. The molecule has 4 nitrogen and oxygen atoms in total. The van der Waals surface area contributed by atoms with Crippen molar-refractivity contribution in [2.24, 2.45) is 0 Å². The number of hydroxylamine groups is 2. The number of benzene rings is 3. The van der Waals surface area contributed by atoms with E-state index in [4.69, 9.17) is 9.57 Å². The van der Waals surface area contributed by atoms with Gasteiger partial charge in [-0.05, 0) is 91.5 Å². The minimum atomic E-state index is -0.344. The molecular weight excluding hydrogens is 494 g/mol. The quantitative estimate of drug-likeness (QED) is 0.153. The third-order valence-electron chi connectivity index (χ3n) is 7.96. The molecule has 3 aromatic rings. The van der Waals surface area contributed by atoms with Crippen LogP contribution in [0.2, 0.25) is 0 Å². The van der Waals surface area contributed by atoms with Gasteiger partial charge in [-0.15, -0.1) is 5.06 Å². The summed E-state index contributed by atoms with van der Waals surface area (Å²) in [7, 11) is 0. The lowest BCUT2D eigenvalue weighted by Crippen LogP contribution is -2.29. The van der Waals surface area contributed by atoms with Crippen LogP contribution in [0.25, 0.3) is 6.08 Å². The third-order valence-corrected chi connectivity index (χ3v) is 7.96. The number of ether oxygens (including phenoxy) is 1. The van der Waals surface area contributed by atoms with Gasteiger partial charge >= 0.3 is 5.97 Å². The zero-order chi connectivity index (χ0) is 28.5. The van der Waals surface area contributed by atoms with Gasteiger partial charge in [0.1, 0.15) is 12.4 Å². The number of carbonyl (C=O) groups is 1. The van der Waals surface area contributed by atoms with Crippen LogP contribution in [-0.4, -0.2) is 30.7 Å². The Hall–Kier alpha value is -3.63. The van der Waals surface area contributed by atoms with E-state index >= 15 is 0 Å². The third kappa shape index (κ3) is 7.73. The summed E-state index contributed by atoms with van der Waals surface area (Å²) in [5.74, 6) is 1.31. The zero-order valence-corrected chi connectivity index (χ0v) is 24.5. The topological polar surface area (TPSA) is 38.8 Å². The number of hydrogen-bond acceptors (Lipinski definition) is 4. The van der Waals surface area contributed by atoms with Crippen LogP contribution in [0.3, 0.4) is 0 Å². The van der Waals surface area contributed by atoms with Crippen molar-refractivity contribution in [3.63, 3.8) is 0 Å². The molecule has 40 heavy (non-hydrogen) atoms. The van der Waals surface area contributed by atoms with Crippen LogP contribution in [0.4, 0.5) is 0 Å². The predicted molar refractivity (Wildman–Crippen MR) is 164 cm³/mol. The van der Waals surface area contributed by atoms with Gasteiger partial charge in [-0.1, -0.05) is 86.3 Å². The van der Waals surface area contributed by atoms with E-state index in [1.54, 1.807) is 5.06 Å². The normalized spacial score (nSPS) is 14.7. The largest absolute Gasteiger partial charge is 0.489 e. The molecule has 0 aliphatic heterocycles. The maximum Gasteiger partial charge on any atom is 0.325 e. The van der Waals surface area contributed by atoms with Gasteiger partial charge in [-0.3, -0.25) is 4.79 Å². The number of rotatable bonds is 14. The summed E-state index contributed by atoms with van der Waals surface area (Å²) < 4.78 is 6.05. The summed E-state index contributed by atoms with van der Waals surface area (Å²) >= 11 is 0. The molecule has 0 heterocycles. The highest BCUT2D eigenvalue weighted by Gasteiger charge is 2.31. The molecule has 0 bridgehead atoms. The van der Waals surface area contributed by atoms with Crippen LogP contribution in [0.15, 0.2) is 91.0 Å². The van der Waals surface area contributed by atoms with Crippen LogP contribution in [0.1, 0.15) is 80.2 Å². The molecule has 3 aromatic carbocycles. The molecule has 0 saturated heterocycles. The Morgan fingerprint density at radius 1 is 0.975 bits per heavy atom. The molecule has 1 atom stereocenters. The Balaban J connectivity index is 1.45. The van der Waals surface area contributed by atoms with Gasteiger partial charge in [0, 0.05) is 24.9 Å².